The molecule has 1 amide bonds. The number of carbonyl (C=O) groups excluding carboxylic acids is 1. The SMILES string of the molecule is Cc1cc(C)cc(C(=O)N2CCCC2CCCBr)c1. The molecule has 1 aliphatic rings. The molecule has 0 spiro atoms. The first-order chi connectivity index (χ1) is 9.11. The van der Waals surface area contributed by atoms with Crippen LogP contribution in [0.5, 0.6) is 0 Å². The minimum Gasteiger partial charge on any atom is -0.336 e. The van der Waals surface area contributed by atoms with Crippen LogP contribution in [0.1, 0.15) is 47.2 Å². The van der Waals surface area contributed by atoms with Gasteiger partial charge < -0.3 is 4.90 Å². The number of amides is 1. The molecule has 2 nitrogen and oxygen atoms in total. The number of rotatable bonds is 4. The molecule has 0 N–H and O–H groups in total. The van der Waals surface area contributed by atoms with E-state index in [2.05, 4.69) is 40.7 Å². The highest BCUT2D eigenvalue weighted by atomic mass is 79.9. The summed E-state index contributed by atoms with van der Waals surface area (Å²) in [5.41, 5.74) is 3.18. The highest BCUT2D eigenvalue weighted by molar-refractivity contribution is 9.09. The van der Waals surface area contributed by atoms with Gasteiger partial charge in [-0.1, -0.05) is 33.1 Å². The van der Waals surface area contributed by atoms with E-state index in [0.29, 0.717) is 6.04 Å². The number of halogens is 1. The van der Waals surface area contributed by atoms with Gasteiger partial charge in [0, 0.05) is 23.5 Å². The molecule has 0 aromatic heterocycles. The van der Waals surface area contributed by atoms with E-state index in [4.69, 9.17) is 0 Å². The monoisotopic (exact) mass is 323 g/mol. The molecule has 19 heavy (non-hydrogen) atoms. The lowest BCUT2D eigenvalue weighted by Gasteiger charge is -2.25. The van der Waals surface area contributed by atoms with E-state index in [1.54, 1.807) is 0 Å². The van der Waals surface area contributed by atoms with E-state index < -0.39 is 0 Å². The van der Waals surface area contributed by atoms with Crippen molar-refractivity contribution in [3.8, 4) is 0 Å². The first kappa shape index (κ1) is 14.6. The number of nitrogens with zero attached hydrogens (tertiary/aromatic N) is 1. The van der Waals surface area contributed by atoms with Crippen molar-refractivity contribution in [3.63, 3.8) is 0 Å². The fraction of sp³-hybridized carbons (Fsp3) is 0.562. The Balaban J connectivity index is 2.13. The lowest BCUT2D eigenvalue weighted by molar-refractivity contribution is 0.0730. The first-order valence-electron chi connectivity index (χ1n) is 7.07. The van der Waals surface area contributed by atoms with Crippen LogP contribution in [0.4, 0.5) is 0 Å². The van der Waals surface area contributed by atoms with Gasteiger partial charge in [0.2, 0.25) is 0 Å². The Hall–Kier alpha value is -0.830. The Kier molecular flexibility index (Phi) is 5.03. The molecule has 1 unspecified atom stereocenters. The van der Waals surface area contributed by atoms with Crippen LogP contribution >= 0.6 is 15.9 Å². The summed E-state index contributed by atoms with van der Waals surface area (Å²) in [7, 11) is 0. The average Bonchev–Trinajstić information content (AvgIpc) is 2.82. The Morgan fingerprint density at radius 3 is 2.63 bits per heavy atom. The molecular weight excluding hydrogens is 302 g/mol. The van der Waals surface area contributed by atoms with E-state index >= 15 is 0 Å². The van der Waals surface area contributed by atoms with Crippen LogP contribution in [-0.2, 0) is 0 Å². The van der Waals surface area contributed by atoms with Gasteiger partial charge in [-0.25, -0.2) is 0 Å². The Bertz CT molecular complexity index is 438. The van der Waals surface area contributed by atoms with Crippen LogP contribution < -0.4 is 0 Å². The van der Waals surface area contributed by atoms with Crippen molar-refractivity contribution >= 4 is 21.8 Å². The number of likely N-dealkylation sites (tertiary alicyclic amines) is 1. The summed E-state index contributed by atoms with van der Waals surface area (Å²) in [5, 5.41) is 1.02. The van der Waals surface area contributed by atoms with Crippen LogP contribution in [0.15, 0.2) is 18.2 Å². The molecule has 1 saturated heterocycles. The second-order valence-electron chi connectivity index (χ2n) is 5.50. The maximum Gasteiger partial charge on any atom is 0.254 e. The third-order valence-electron chi connectivity index (χ3n) is 3.78. The number of aryl methyl sites for hydroxylation is 2. The summed E-state index contributed by atoms with van der Waals surface area (Å²) in [4.78, 5) is 14.7. The zero-order valence-electron chi connectivity index (χ0n) is 11.8. The highest BCUT2D eigenvalue weighted by Crippen LogP contribution is 2.24. The smallest absolute Gasteiger partial charge is 0.254 e. The number of alkyl halides is 1. The minimum atomic E-state index is 0.212. The Morgan fingerprint density at radius 2 is 2.00 bits per heavy atom. The molecule has 1 heterocycles. The van der Waals surface area contributed by atoms with Crippen molar-refractivity contribution in [2.45, 2.75) is 45.6 Å². The van der Waals surface area contributed by atoms with Crippen LogP contribution in [0.2, 0.25) is 0 Å². The van der Waals surface area contributed by atoms with Crippen molar-refractivity contribution in [1.29, 1.82) is 0 Å². The van der Waals surface area contributed by atoms with Crippen LogP contribution in [-0.4, -0.2) is 28.7 Å². The Labute approximate surface area is 124 Å². The molecule has 0 saturated carbocycles. The molecule has 1 aromatic rings. The van der Waals surface area contributed by atoms with E-state index in [0.717, 1.165) is 43.1 Å². The van der Waals surface area contributed by atoms with Crippen LogP contribution in [0.25, 0.3) is 0 Å². The molecule has 1 aromatic carbocycles. The minimum absolute atomic E-state index is 0.212. The topological polar surface area (TPSA) is 20.3 Å². The van der Waals surface area contributed by atoms with Gasteiger partial charge in [-0.3, -0.25) is 4.79 Å². The van der Waals surface area contributed by atoms with Gasteiger partial charge in [-0.15, -0.1) is 0 Å². The maximum atomic E-state index is 12.6. The standard InChI is InChI=1S/C16H22BrNO/c1-12-9-13(2)11-14(10-12)16(19)18-8-4-6-15(18)5-3-7-17/h9-11,15H,3-8H2,1-2H3. The van der Waals surface area contributed by atoms with Gasteiger partial charge >= 0.3 is 0 Å². The lowest BCUT2D eigenvalue weighted by atomic mass is 10.0. The van der Waals surface area contributed by atoms with E-state index in [9.17, 15) is 4.79 Å². The zero-order valence-corrected chi connectivity index (χ0v) is 13.4. The van der Waals surface area contributed by atoms with Crippen molar-refractivity contribution < 1.29 is 4.79 Å². The quantitative estimate of drug-likeness (QED) is 0.764. The summed E-state index contributed by atoms with van der Waals surface area (Å²) >= 11 is 3.47. The summed E-state index contributed by atoms with van der Waals surface area (Å²) in [5.74, 6) is 0.212. The van der Waals surface area contributed by atoms with Crippen molar-refractivity contribution in [3.05, 3.63) is 34.9 Å². The van der Waals surface area contributed by atoms with Gasteiger partial charge in [0.05, 0.1) is 0 Å². The van der Waals surface area contributed by atoms with Crippen LogP contribution in [0, 0.1) is 13.8 Å². The van der Waals surface area contributed by atoms with Crippen LogP contribution in [0.3, 0.4) is 0 Å². The third-order valence-corrected chi connectivity index (χ3v) is 4.34. The van der Waals surface area contributed by atoms with E-state index in [1.807, 2.05) is 12.1 Å². The number of benzene rings is 1. The molecule has 3 heteroatoms. The molecule has 2 rings (SSSR count). The van der Waals surface area contributed by atoms with Gasteiger partial charge in [0.25, 0.3) is 5.91 Å². The third kappa shape index (κ3) is 3.59. The number of carbonyl (C=O) groups is 1. The van der Waals surface area contributed by atoms with Gasteiger partial charge in [0.1, 0.15) is 0 Å². The van der Waals surface area contributed by atoms with Crippen molar-refractivity contribution in [2.24, 2.45) is 0 Å². The first-order valence-corrected chi connectivity index (χ1v) is 8.19. The number of hydrogen-bond donors (Lipinski definition) is 0. The molecule has 0 radical (unpaired) electrons. The van der Waals surface area contributed by atoms with E-state index in [-0.39, 0.29) is 5.91 Å². The molecule has 1 aliphatic heterocycles. The van der Waals surface area contributed by atoms with Gasteiger partial charge in [-0.2, -0.15) is 0 Å². The average molecular weight is 324 g/mol. The largest absolute Gasteiger partial charge is 0.336 e. The molecule has 0 aliphatic carbocycles. The summed E-state index contributed by atoms with van der Waals surface area (Å²) in [6, 6.07) is 6.57. The molecule has 104 valence electrons. The molecule has 0 bridgehead atoms. The lowest BCUT2D eigenvalue weighted by Crippen LogP contribution is -2.35. The normalized spacial score (nSPS) is 18.9. The maximum absolute atomic E-state index is 12.6. The second-order valence-corrected chi connectivity index (χ2v) is 6.30. The highest BCUT2D eigenvalue weighted by Gasteiger charge is 2.28. The predicted molar refractivity (Wildman–Crippen MR) is 83.0 cm³/mol. The van der Waals surface area contributed by atoms with Gasteiger partial charge in [-0.05, 0) is 51.7 Å². The molecular formula is C16H22BrNO. The van der Waals surface area contributed by atoms with Gasteiger partial charge in [0.15, 0.2) is 0 Å². The van der Waals surface area contributed by atoms with E-state index in [1.165, 1.54) is 11.1 Å². The summed E-state index contributed by atoms with van der Waals surface area (Å²) in [6.45, 7) is 5.02. The summed E-state index contributed by atoms with van der Waals surface area (Å²) in [6.07, 6.45) is 4.55. The number of hydrogen-bond acceptors (Lipinski definition) is 1. The predicted octanol–water partition coefficient (Wildman–Crippen LogP) is 4.08. The molecule has 1 atom stereocenters. The summed E-state index contributed by atoms with van der Waals surface area (Å²) < 4.78 is 0. The Morgan fingerprint density at radius 1 is 1.32 bits per heavy atom. The van der Waals surface area contributed by atoms with Crippen molar-refractivity contribution in [2.75, 3.05) is 11.9 Å². The fourth-order valence-electron chi connectivity index (χ4n) is 2.98. The second kappa shape index (κ2) is 6.56. The molecule has 1 fully saturated rings. The fourth-order valence-corrected chi connectivity index (χ4v) is 3.30. The zero-order chi connectivity index (χ0) is 13.8. The van der Waals surface area contributed by atoms with Crippen molar-refractivity contribution in [1.82, 2.24) is 4.90 Å².